The summed E-state index contributed by atoms with van der Waals surface area (Å²) in [6, 6.07) is 20.8. The second kappa shape index (κ2) is 10.8. The summed E-state index contributed by atoms with van der Waals surface area (Å²) in [5.41, 5.74) is 1.67. The maximum absolute atomic E-state index is 13.2. The number of hydrogen-bond donors (Lipinski definition) is 1. The van der Waals surface area contributed by atoms with Crippen LogP contribution in [0.2, 0.25) is 0 Å². The van der Waals surface area contributed by atoms with Gasteiger partial charge in [-0.25, -0.2) is 8.42 Å². The van der Waals surface area contributed by atoms with Gasteiger partial charge in [-0.2, -0.15) is 4.31 Å². The maximum atomic E-state index is 13.2. The largest absolute Gasteiger partial charge is 0.455 e. The third-order valence-electron chi connectivity index (χ3n) is 5.65. The van der Waals surface area contributed by atoms with E-state index in [1.54, 1.807) is 37.4 Å². The number of hydrogen-bond acceptors (Lipinski definition) is 5. The highest BCUT2D eigenvalue weighted by atomic mass is 32.2. The third-order valence-corrected chi connectivity index (χ3v) is 7.54. The standard InChI is InChI=1S/C26H28N2O5S/c1-32-19-20-10-12-21(13-11-20)26(29)27-24-18-23(34(30,31)28-16-6-3-7-17-28)14-15-25(24)33-22-8-4-2-5-9-22/h2,4-5,8-15,18H,3,6-7,16-17,19H2,1H3,(H,27,29). The van der Waals surface area contributed by atoms with Crippen LogP contribution in [0.1, 0.15) is 35.2 Å². The fourth-order valence-electron chi connectivity index (χ4n) is 3.84. The predicted molar refractivity (Wildman–Crippen MR) is 131 cm³/mol. The summed E-state index contributed by atoms with van der Waals surface area (Å²) >= 11 is 0. The van der Waals surface area contributed by atoms with Gasteiger partial charge in [0, 0.05) is 25.8 Å². The monoisotopic (exact) mass is 480 g/mol. The highest BCUT2D eigenvalue weighted by Crippen LogP contribution is 2.33. The van der Waals surface area contributed by atoms with E-state index in [2.05, 4.69) is 5.32 Å². The van der Waals surface area contributed by atoms with Crippen LogP contribution < -0.4 is 10.1 Å². The summed E-state index contributed by atoms with van der Waals surface area (Å²) in [5, 5.41) is 2.84. The highest BCUT2D eigenvalue weighted by Gasteiger charge is 2.27. The average Bonchev–Trinajstić information content (AvgIpc) is 2.87. The van der Waals surface area contributed by atoms with Crippen molar-refractivity contribution in [1.82, 2.24) is 4.31 Å². The average molecular weight is 481 g/mol. The number of amides is 1. The number of sulfonamides is 1. The van der Waals surface area contributed by atoms with Gasteiger partial charge in [0.15, 0.2) is 5.75 Å². The molecule has 178 valence electrons. The van der Waals surface area contributed by atoms with Gasteiger partial charge >= 0.3 is 0 Å². The van der Waals surface area contributed by atoms with E-state index in [1.807, 2.05) is 30.3 Å². The zero-order valence-corrected chi connectivity index (χ0v) is 19.9. The number of nitrogens with zero attached hydrogens (tertiary/aromatic N) is 1. The summed E-state index contributed by atoms with van der Waals surface area (Å²) in [6.45, 7) is 1.45. The number of ether oxygens (including phenoxy) is 2. The van der Waals surface area contributed by atoms with Crippen molar-refractivity contribution >= 4 is 21.6 Å². The van der Waals surface area contributed by atoms with Gasteiger partial charge in [0.25, 0.3) is 5.91 Å². The highest BCUT2D eigenvalue weighted by molar-refractivity contribution is 7.89. The van der Waals surface area contributed by atoms with Crippen LogP contribution in [0.15, 0.2) is 77.7 Å². The van der Waals surface area contributed by atoms with Gasteiger partial charge in [-0.3, -0.25) is 4.79 Å². The van der Waals surface area contributed by atoms with E-state index in [0.717, 1.165) is 24.8 Å². The molecule has 34 heavy (non-hydrogen) atoms. The van der Waals surface area contributed by atoms with E-state index in [4.69, 9.17) is 9.47 Å². The topological polar surface area (TPSA) is 84.9 Å². The van der Waals surface area contributed by atoms with Crippen molar-refractivity contribution in [2.24, 2.45) is 0 Å². The Morgan fingerprint density at radius 2 is 1.65 bits per heavy atom. The van der Waals surface area contributed by atoms with Gasteiger partial charge in [-0.15, -0.1) is 0 Å². The van der Waals surface area contributed by atoms with E-state index >= 15 is 0 Å². The molecule has 7 nitrogen and oxygen atoms in total. The van der Waals surface area contributed by atoms with E-state index < -0.39 is 10.0 Å². The van der Waals surface area contributed by atoms with Crippen molar-refractivity contribution in [3.05, 3.63) is 83.9 Å². The molecule has 1 saturated heterocycles. The summed E-state index contributed by atoms with van der Waals surface area (Å²) in [6.07, 6.45) is 2.72. The van der Waals surface area contributed by atoms with Crippen LogP contribution in [0, 0.1) is 0 Å². The van der Waals surface area contributed by atoms with Crippen molar-refractivity contribution in [1.29, 1.82) is 0 Å². The molecule has 0 aliphatic carbocycles. The molecule has 1 N–H and O–H groups in total. The van der Waals surface area contributed by atoms with Crippen molar-refractivity contribution in [2.45, 2.75) is 30.8 Å². The molecule has 0 aromatic heterocycles. The summed E-state index contributed by atoms with van der Waals surface area (Å²) in [4.78, 5) is 13.1. The number of para-hydroxylation sites is 1. The Morgan fingerprint density at radius 1 is 0.941 bits per heavy atom. The van der Waals surface area contributed by atoms with Crippen LogP contribution in [-0.4, -0.2) is 38.8 Å². The first-order valence-corrected chi connectivity index (χ1v) is 12.7. The quantitative estimate of drug-likeness (QED) is 0.488. The molecule has 4 rings (SSSR count). The molecular weight excluding hydrogens is 452 g/mol. The van der Waals surface area contributed by atoms with Crippen LogP contribution in [-0.2, 0) is 21.4 Å². The molecule has 1 fully saturated rings. The molecule has 1 amide bonds. The zero-order valence-electron chi connectivity index (χ0n) is 19.1. The number of rotatable bonds is 8. The number of nitrogens with one attached hydrogen (secondary N) is 1. The predicted octanol–water partition coefficient (Wildman–Crippen LogP) is 5.05. The summed E-state index contributed by atoms with van der Waals surface area (Å²) < 4.78 is 39.0. The van der Waals surface area contributed by atoms with Crippen LogP contribution in [0.4, 0.5) is 5.69 Å². The Labute approximate surface area is 200 Å². The fraction of sp³-hybridized carbons (Fsp3) is 0.269. The Morgan fingerprint density at radius 3 is 2.32 bits per heavy atom. The van der Waals surface area contributed by atoms with Crippen LogP contribution in [0.3, 0.4) is 0 Å². The number of carbonyl (C=O) groups excluding carboxylic acids is 1. The van der Waals surface area contributed by atoms with Gasteiger partial charge in [0.05, 0.1) is 17.2 Å². The smallest absolute Gasteiger partial charge is 0.255 e. The second-order valence-electron chi connectivity index (χ2n) is 8.12. The zero-order chi connectivity index (χ0) is 24.0. The van der Waals surface area contributed by atoms with Crippen molar-refractivity contribution in [2.75, 3.05) is 25.5 Å². The number of piperidine rings is 1. The first kappa shape index (κ1) is 23.9. The van der Waals surface area contributed by atoms with Gasteiger partial charge in [0.2, 0.25) is 10.0 Å². The number of anilines is 1. The van der Waals surface area contributed by atoms with E-state index in [9.17, 15) is 13.2 Å². The van der Waals surface area contributed by atoms with E-state index in [1.165, 1.54) is 16.4 Å². The lowest BCUT2D eigenvalue weighted by atomic mass is 10.1. The van der Waals surface area contributed by atoms with Crippen LogP contribution >= 0.6 is 0 Å². The SMILES string of the molecule is COCc1ccc(C(=O)Nc2cc(S(=O)(=O)N3CCCCC3)ccc2Oc2ccccc2)cc1. The molecule has 3 aromatic rings. The maximum Gasteiger partial charge on any atom is 0.255 e. The lowest BCUT2D eigenvalue weighted by Gasteiger charge is -2.26. The Balaban J connectivity index is 1.65. The molecule has 1 heterocycles. The molecule has 0 bridgehead atoms. The molecule has 0 atom stereocenters. The minimum atomic E-state index is -3.67. The van der Waals surface area contributed by atoms with E-state index in [0.29, 0.717) is 36.8 Å². The van der Waals surface area contributed by atoms with Crippen molar-refractivity contribution in [3.8, 4) is 11.5 Å². The van der Waals surface area contributed by atoms with Gasteiger partial charge in [-0.05, 0) is 60.9 Å². The molecule has 0 radical (unpaired) electrons. The van der Waals surface area contributed by atoms with Crippen molar-refractivity contribution in [3.63, 3.8) is 0 Å². The number of carbonyl (C=O) groups is 1. The molecule has 8 heteroatoms. The molecule has 0 saturated carbocycles. The van der Waals surface area contributed by atoms with Crippen molar-refractivity contribution < 1.29 is 22.7 Å². The molecule has 0 unspecified atom stereocenters. The van der Waals surface area contributed by atoms with Gasteiger partial charge in [0.1, 0.15) is 5.75 Å². The first-order valence-electron chi connectivity index (χ1n) is 11.2. The molecule has 3 aromatic carbocycles. The molecule has 1 aliphatic rings. The third kappa shape index (κ3) is 5.64. The second-order valence-corrected chi connectivity index (χ2v) is 10.1. The summed E-state index contributed by atoms with van der Waals surface area (Å²) in [7, 11) is -2.06. The van der Waals surface area contributed by atoms with Gasteiger partial charge in [-0.1, -0.05) is 36.8 Å². The summed E-state index contributed by atoms with van der Waals surface area (Å²) in [5.74, 6) is 0.566. The number of benzene rings is 3. The van der Waals surface area contributed by atoms with Gasteiger partial charge < -0.3 is 14.8 Å². The number of methoxy groups -OCH3 is 1. The Bertz CT molecular complexity index is 1220. The molecular formula is C26H28N2O5S. The van der Waals surface area contributed by atoms with Crippen LogP contribution in [0.5, 0.6) is 11.5 Å². The normalized spacial score (nSPS) is 14.5. The van der Waals surface area contributed by atoms with Crippen LogP contribution in [0.25, 0.3) is 0 Å². The Kier molecular flexibility index (Phi) is 7.62. The minimum absolute atomic E-state index is 0.126. The molecule has 1 aliphatic heterocycles. The first-order chi connectivity index (χ1) is 16.5. The lowest BCUT2D eigenvalue weighted by Crippen LogP contribution is -2.35. The molecule has 0 spiro atoms. The minimum Gasteiger partial charge on any atom is -0.455 e. The van der Waals surface area contributed by atoms with E-state index in [-0.39, 0.29) is 16.5 Å². The Hall–Kier alpha value is -3.20. The lowest BCUT2D eigenvalue weighted by molar-refractivity contribution is 0.102. The fourth-order valence-corrected chi connectivity index (χ4v) is 5.38.